The molecular formula is C11H13NO4. The highest BCUT2D eigenvalue weighted by Gasteiger charge is 2.24. The maximum absolute atomic E-state index is 10.7. The molecule has 0 saturated heterocycles. The molecule has 2 unspecified atom stereocenters. The average molecular weight is 223 g/mol. The van der Waals surface area contributed by atoms with Crippen LogP contribution in [0.1, 0.15) is 27.6 Å². The standard InChI is InChI=1S/C11H13NO4/c1-6-4-7(5-13)2-3-8(6)9(14)10(15)11(12)16/h2-5,9-10,14-15H,1H3,(H2,12,16). The van der Waals surface area contributed by atoms with Crippen molar-refractivity contribution in [3.05, 3.63) is 34.9 Å². The molecular weight excluding hydrogens is 210 g/mol. The van der Waals surface area contributed by atoms with Crippen molar-refractivity contribution >= 4 is 12.2 Å². The van der Waals surface area contributed by atoms with Gasteiger partial charge in [0.05, 0.1) is 0 Å². The number of carbonyl (C=O) groups excluding carboxylic acids is 2. The van der Waals surface area contributed by atoms with E-state index >= 15 is 0 Å². The van der Waals surface area contributed by atoms with Crippen LogP contribution in [0.25, 0.3) is 0 Å². The lowest BCUT2D eigenvalue weighted by Crippen LogP contribution is -2.34. The molecule has 0 aliphatic heterocycles. The molecule has 0 aliphatic carbocycles. The molecule has 1 aromatic carbocycles. The van der Waals surface area contributed by atoms with Crippen molar-refractivity contribution in [3.63, 3.8) is 0 Å². The number of carbonyl (C=O) groups is 2. The van der Waals surface area contributed by atoms with Crippen LogP contribution in [0.2, 0.25) is 0 Å². The van der Waals surface area contributed by atoms with Gasteiger partial charge in [0, 0.05) is 5.56 Å². The minimum absolute atomic E-state index is 0.372. The summed E-state index contributed by atoms with van der Waals surface area (Å²) in [4.78, 5) is 21.2. The zero-order valence-corrected chi connectivity index (χ0v) is 8.75. The third-order valence-corrected chi connectivity index (χ3v) is 2.34. The van der Waals surface area contributed by atoms with Gasteiger partial charge in [-0.15, -0.1) is 0 Å². The van der Waals surface area contributed by atoms with E-state index in [-0.39, 0.29) is 0 Å². The van der Waals surface area contributed by atoms with Crippen LogP contribution in [0.3, 0.4) is 0 Å². The predicted molar refractivity (Wildman–Crippen MR) is 56.7 cm³/mol. The van der Waals surface area contributed by atoms with Crippen LogP contribution < -0.4 is 5.73 Å². The van der Waals surface area contributed by atoms with Crippen LogP contribution in [0.15, 0.2) is 18.2 Å². The number of nitrogens with two attached hydrogens (primary N) is 1. The van der Waals surface area contributed by atoms with Crippen molar-refractivity contribution in [1.29, 1.82) is 0 Å². The van der Waals surface area contributed by atoms with E-state index in [0.29, 0.717) is 23.0 Å². The Morgan fingerprint density at radius 3 is 2.50 bits per heavy atom. The summed E-state index contributed by atoms with van der Waals surface area (Å²) in [6.07, 6.45) is -2.35. The van der Waals surface area contributed by atoms with E-state index in [1.165, 1.54) is 12.1 Å². The highest BCUT2D eigenvalue weighted by atomic mass is 16.3. The van der Waals surface area contributed by atoms with Crippen LogP contribution in [-0.2, 0) is 4.79 Å². The zero-order valence-electron chi connectivity index (χ0n) is 8.75. The summed E-state index contributed by atoms with van der Waals surface area (Å²) in [7, 11) is 0. The number of hydrogen-bond donors (Lipinski definition) is 3. The first-order chi connectivity index (χ1) is 7.47. The summed E-state index contributed by atoms with van der Waals surface area (Å²) in [6.45, 7) is 1.67. The van der Waals surface area contributed by atoms with Gasteiger partial charge < -0.3 is 15.9 Å². The van der Waals surface area contributed by atoms with Gasteiger partial charge in [-0.3, -0.25) is 9.59 Å². The van der Waals surface area contributed by atoms with E-state index in [9.17, 15) is 19.8 Å². The number of benzene rings is 1. The molecule has 0 aromatic heterocycles. The normalized spacial score (nSPS) is 14.2. The maximum Gasteiger partial charge on any atom is 0.249 e. The van der Waals surface area contributed by atoms with Gasteiger partial charge in [-0.1, -0.05) is 12.1 Å². The van der Waals surface area contributed by atoms with Crippen molar-refractivity contribution < 1.29 is 19.8 Å². The van der Waals surface area contributed by atoms with E-state index in [1.807, 2.05) is 0 Å². The molecule has 16 heavy (non-hydrogen) atoms. The largest absolute Gasteiger partial charge is 0.385 e. The molecule has 0 saturated carbocycles. The summed E-state index contributed by atoms with van der Waals surface area (Å²) in [5, 5.41) is 19.0. The van der Waals surface area contributed by atoms with Gasteiger partial charge in [-0.05, 0) is 24.1 Å². The van der Waals surface area contributed by atoms with Gasteiger partial charge in [0.15, 0.2) is 6.10 Å². The van der Waals surface area contributed by atoms with Crippen molar-refractivity contribution in [2.24, 2.45) is 5.73 Å². The Balaban J connectivity index is 3.04. The number of hydrogen-bond acceptors (Lipinski definition) is 4. The number of amides is 1. The van der Waals surface area contributed by atoms with Crippen LogP contribution in [0.4, 0.5) is 0 Å². The average Bonchev–Trinajstić information content (AvgIpc) is 2.26. The predicted octanol–water partition coefficient (Wildman–Crippen LogP) is -0.313. The van der Waals surface area contributed by atoms with Crippen LogP contribution in [0, 0.1) is 6.92 Å². The summed E-state index contributed by atoms with van der Waals surface area (Å²) >= 11 is 0. The lowest BCUT2D eigenvalue weighted by Gasteiger charge is -2.17. The number of aliphatic hydroxyl groups excluding tert-OH is 2. The van der Waals surface area contributed by atoms with Crippen molar-refractivity contribution in [2.45, 2.75) is 19.1 Å². The number of primary amides is 1. The summed E-state index contributed by atoms with van der Waals surface area (Å²) in [5.74, 6) is -0.994. The zero-order chi connectivity index (χ0) is 12.3. The smallest absolute Gasteiger partial charge is 0.249 e. The van der Waals surface area contributed by atoms with Crippen molar-refractivity contribution in [2.75, 3.05) is 0 Å². The Morgan fingerprint density at radius 1 is 1.44 bits per heavy atom. The van der Waals surface area contributed by atoms with Crippen molar-refractivity contribution in [3.8, 4) is 0 Å². The second kappa shape index (κ2) is 4.87. The SMILES string of the molecule is Cc1cc(C=O)ccc1C(O)C(O)C(N)=O. The fraction of sp³-hybridized carbons (Fsp3) is 0.273. The Morgan fingerprint density at radius 2 is 2.06 bits per heavy atom. The molecule has 0 radical (unpaired) electrons. The van der Waals surface area contributed by atoms with Gasteiger partial charge in [-0.2, -0.15) is 0 Å². The topological polar surface area (TPSA) is 101 Å². The summed E-state index contributed by atoms with van der Waals surface area (Å²) in [5.41, 5.74) is 6.32. The molecule has 5 nitrogen and oxygen atoms in total. The van der Waals surface area contributed by atoms with Crippen LogP contribution in [0.5, 0.6) is 0 Å². The second-order valence-electron chi connectivity index (χ2n) is 3.53. The fourth-order valence-electron chi connectivity index (χ4n) is 1.43. The minimum atomic E-state index is -1.65. The maximum atomic E-state index is 10.7. The summed E-state index contributed by atoms with van der Waals surface area (Å²) < 4.78 is 0. The molecule has 0 heterocycles. The Labute approximate surface area is 92.5 Å². The van der Waals surface area contributed by atoms with Crippen LogP contribution in [-0.4, -0.2) is 28.5 Å². The van der Waals surface area contributed by atoms with E-state index in [0.717, 1.165) is 0 Å². The molecule has 5 heteroatoms. The third-order valence-electron chi connectivity index (χ3n) is 2.34. The van der Waals surface area contributed by atoms with E-state index in [2.05, 4.69) is 0 Å². The summed E-state index contributed by atoms with van der Waals surface area (Å²) in [6, 6.07) is 4.53. The van der Waals surface area contributed by atoms with E-state index in [1.54, 1.807) is 13.0 Å². The minimum Gasteiger partial charge on any atom is -0.385 e. The van der Waals surface area contributed by atoms with E-state index < -0.39 is 18.1 Å². The van der Waals surface area contributed by atoms with Crippen LogP contribution >= 0.6 is 0 Å². The number of rotatable bonds is 4. The van der Waals surface area contributed by atoms with E-state index in [4.69, 9.17) is 5.73 Å². The third kappa shape index (κ3) is 2.44. The quantitative estimate of drug-likeness (QED) is 0.609. The van der Waals surface area contributed by atoms with Gasteiger partial charge in [0.2, 0.25) is 5.91 Å². The molecule has 0 bridgehead atoms. The number of aldehydes is 1. The highest BCUT2D eigenvalue weighted by molar-refractivity contribution is 5.79. The van der Waals surface area contributed by atoms with Gasteiger partial charge >= 0.3 is 0 Å². The first kappa shape index (κ1) is 12.4. The fourth-order valence-corrected chi connectivity index (χ4v) is 1.43. The first-order valence-electron chi connectivity index (χ1n) is 4.68. The van der Waals surface area contributed by atoms with Gasteiger partial charge in [0.25, 0.3) is 0 Å². The monoisotopic (exact) mass is 223 g/mol. The van der Waals surface area contributed by atoms with Gasteiger partial charge in [0.1, 0.15) is 12.4 Å². The second-order valence-corrected chi connectivity index (χ2v) is 3.53. The molecule has 86 valence electrons. The molecule has 1 aromatic rings. The van der Waals surface area contributed by atoms with Gasteiger partial charge in [-0.25, -0.2) is 0 Å². The number of aliphatic hydroxyl groups is 2. The molecule has 0 aliphatic rings. The lowest BCUT2D eigenvalue weighted by atomic mass is 9.97. The molecule has 4 N–H and O–H groups in total. The molecule has 1 amide bonds. The van der Waals surface area contributed by atoms with Crippen molar-refractivity contribution in [1.82, 2.24) is 0 Å². The first-order valence-corrected chi connectivity index (χ1v) is 4.68. The highest BCUT2D eigenvalue weighted by Crippen LogP contribution is 2.21. The number of aryl methyl sites for hydroxylation is 1. The lowest BCUT2D eigenvalue weighted by molar-refractivity contribution is -0.132. The molecule has 0 fully saturated rings. The Kier molecular flexibility index (Phi) is 3.76. The Bertz CT molecular complexity index is 416. The molecule has 1 rings (SSSR count). The molecule has 0 spiro atoms. The molecule has 2 atom stereocenters. The Hall–Kier alpha value is -1.72.